The topological polar surface area (TPSA) is 109 Å². The molecular weight excluding hydrogens is 382 g/mol. The first-order valence-corrected chi connectivity index (χ1v) is 10.2. The van der Waals surface area contributed by atoms with Crippen LogP contribution in [0.15, 0.2) is 48.5 Å². The second-order valence-electron chi connectivity index (χ2n) is 8.35. The predicted molar refractivity (Wildman–Crippen MR) is 111 cm³/mol. The fraction of sp³-hybridized carbons (Fsp3) is 0.318. The van der Waals surface area contributed by atoms with Gasteiger partial charge in [0, 0.05) is 23.4 Å². The van der Waals surface area contributed by atoms with Crippen molar-refractivity contribution in [2.24, 2.45) is 5.41 Å². The highest BCUT2D eigenvalue weighted by atomic mass is 16.2. The number of piperazine rings is 1. The van der Waals surface area contributed by atoms with Gasteiger partial charge in [0.1, 0.15) is 12.6 Å². The number of anilines is 2. The lowest BCUT2D eigenvalue weighted by Gasteiger charge is -2.52. The van der Waals surface area contributed by atoms with Gasteiger partial charge in [0.05, 0.1) is 19.6 Å². The lowest BCUT2D eigenvalue weighted by atomic mass is 9.68. The van der Waals surface area contributed by atoms with Gasteiger partial charge in [-0.25, -0.2) is 4.79 Å². The van der Waals surface area contributed by atoms with Gasteiger partial charge in [0.2, 0.25) is 11.8 Å². The molecule has 0 radical (unpaired) electrons. The molecule has 1 spiro atoms. The van der Waals surface area contributed by atoms with E-state index in [1.54, 1.807) is 0 Å². The van der Waals surface area contributed by atoms with Crippen LogP contribution in [-0.2, 0) is 22.6 Å². The van der Waals surface area contributed by atoms with E-state index in [0.717, 1.165) is 24.3 Å². The zero-order valence-electron chi connectivity index (χ0n) is 16.5. The summed E-state index contributed by atoms with van der Waals surface area (Å²) in [6, 6.07) is 14.7. The second kappa shape index (κ2) is 6.84. The molecule has 4 amide bonds. The van der Waals surface area contributed by atoms with Crippen molar-refractivity contribution in [2.45, 2.75) is 19.0 Å². The zero-order chi connectivity index (χ0) is 20.9. The highest BCUT2D eigenvalue weighted by Crippen LogP contribution is 2.43. The maximum atomic E-state index is 13.1. The lowest BCUT2D eigenvalue weighted by Crippen LogP contribution is -3.15. The molecule has 5 rings (SSSR count). The first kappa shape index (κ1) is 18.6. The third-order valence-electron chi connectivity index (χ3n) is 6.58. The van der Waals surface area contributed by atoms with E-state index in [1.165, 1.54) is 10.5 Å². The minimum Gasteiger partial charge on any atom is -0.399 e. The van der Waals surface area contributed by atoms with Crippen LogP contribution in [-0.4, -0.2) is 43.5 Å². The van der Waals surface area contributed by atoms with E-state index in [-0.39, 0.29) is 12.5 Å². The van der Waals surface area contributed by atoms with Gasteiger partial charge in [-0.3, -0.25) is 20.2 Å². The Hall–Kier alpha value is -3.39. The van der Waals surface area contributed by atoms with Crippen LogP contribution in [0.2, 0.25) is 0 Å². The van der Waals surface area contributed by atoms with Gasteiger partial charge in [-0.05, 0) is 23.8 Å². The van der Waals surface area contributed by atoms with E-state index in [2.05, 4.69) is 27.7 Å². The molecule has 0 bridgehead atoms. The number of nitrogens with one attached hydrogen (secondary N) is 3. The molecule has 8 heteroatoms. The van der Waals surface area contributed by atoms with Crippen molar-refractivity contribution >= 4 is 29.2 Å². The number of nitrogen functional groups attached to an aromatic ring is 1. The molecular formula is C22H24N5O3+. The molecule has 2 atom stereocenters. The summed E-state index contributed by atoms with van der Waals surface area (Å²) in [5.74, 6) is -1.06. The average molecular weight is 406 g/mol. The first-order chi connectivity index (χ1) is 14.5. The summed E-state index contributed by atoms with van der Waals surface area (Å²) in [4.78, 5) is 41.5. The number of urea groups is 1. The number of quaternary nitrogens is 1. The predicted octanol–water partition coefficient (Wildman–Crippen LogP) is -0.549. The maximum Gasteiger partial charge on any atom is 0.328 e. The van der Waals surface area contributed by atoms with Crippen LogP contribution in [0, 0.1) is 5.41 Å². The number of fused-ring (bicyclic) bond motifs is 4. The third-order valence-corrected chi connectivity index (χ3v) is 6.58. The Morgan fingerprint density at radius 1 is 1.07 bits per heavy atom. The van der Waals surface area contributed by atoms with E-state index >= 15 is 0 Å². The van der Waals surface area contributed by atoms with Gasteiger partial charge in [-0.15, -0.1) is 0 Å². The van der Waals surface area contributed by atoms with Crippen LogP contribution in [0.5, 0.6) is 0 Å². The molecule has 8 nitrogen and oxygen atoms in total. The molecule has 2 fully saturated rings. The monoisotopic (exact) mass is 406 g/mol. The minimum absolute atomic E-state index is 0.220. The molecule has 2 saturated heterocycles. The molecule has 2 aromatic carbocycles. The Morgan fingerprint density at radius 2 is 1.80 bits per heavy atom. The molecule has 0 aromatic heterocycles. The number of imide groups is 2. The second-order valence-corrected chi connectivity index (χ2v) is 8.35. The number of carbonyl (C=O) groups is 3. The Kier molecular flexibility index (Phi) is 4.25. The highest BCUT2D eigenvalue weighted by molar-refractivity contribution is 6.20. The molecule has 3 heterocycles. The van der Waals surface area contributed by atoms with Crippen molar-refractivity contribution in [3.63, 3.8) is 0 Å². The van der Waals surface area contributed by atoms with Crippen molar-refractivity contribution in [3.8, 4) is 0 Å². The van der Waals surface area contributed by atoms with Crippen LogP contribution < -0.4 is 26.2 Å². The first-order valence-electron chi connectivity index (χ1n) is 10.2. The van der Waals surface area contributed by atoms with E-state index in [4.69, 9.17) is 5.73 Å². The number of benzene rings is 2. The van der Waals surface area contributed by atoms with Gasteiger partial charge in [-0.2, -0.15) is 0 Å². The number of carbonyl (C=O) groups excluding carboxylic acids is 3. The van der Waals surface area contributed by atoms with Crippen LogP contribution in [0.1, 0.15) is 11.1 Å². The van der Waals surface area contributed by atoms with Crippen molar-refractivity contribution < 1.29 is 19.3 Å². The molecule has 0 aliphatic carbocycles. The zero-order valence-corrected chi connectivity index (χ0v) is 16.5. The Morgan fingerprint density at radius 3 is 2.53 bits per heavy atom. The number of nitrogens with zero attached hydrogens (tertiary/aromatic N) is 1. The Bertz CT molecular complexity index is 1020. The Labute approximate surface area is 174 Å². The number of hydrogen-bond donors (Lipinski definition) is 4. The summed E-state index contributed by atoms with van der Waals surface area (Å²) >= 11 is 0. The molecule has 0 saturated carbocycles. The van der Waals surface area contributed by atoms with Gasteiger partial charge in [0.15, 0.2) is 5.41 Å². The molecule has 3 aliphatic heterocycles. The van der Waals surface area contributed by atoms with Crippen LogP contribution >= 0.6 is 0 Å². The molecule has 1 unspecified atom stereocenters. The number of barbiturate groups is 1. The van der Waals surface area contributed by atoms with Crippen molar-refractivity contribution in [1.82, 2.24) is 10.6 Å². The largest absolute Gasteiger partial charge is 0.399 e. The molecule has 154 valence electrons. The normalized spacial score (nSPS) is 24.7. The lowest BCUT2D eigenvalue weighted by molar-refractivity contribution is -0.917. The maximum absolute atomic E-state index is 13.1. The summed E-state index contributed by atoms with van der Waals surface area (Å²) in [6.07, 6.45) is 0.220. The van der Waals surface area contributed by atoms with Crippen LogP contribution in [0.4, 0.5) is 16.2 Å². The number of nitrogens with two attached hydrogens (primary N) is 1. The summed E-state index contributed by atoms with van der Waals surface area (Å²) < 4.78 is 0. The van der Waals surface area contributed by atoms with Crippen LogP contribution in [0.25, 0.3) is 0 Å². The van der Waals surface area contributed by atoms with Gasteiger partial charge in [-0.1, -0.05) is 30.3 Å². The quantitative estimate of drug-likeness (QED) is 0.395. The molecule has 30 heavy (non-hydrogen) atoms. The van der Waals surface area contributed by atoms with E-state index in [0.29, 0.717) is 18.8 Å². The van der Waals surface area contributed by atoms with Gasteiger partial charge >= 0.3 is 6.03 Å². The Balaban J connectivity index is 1.55. The standard InChI is InChI=1S/C22H23N5O3/c23-16-6-7-17-15(10-16)11-22(19(28)24-21(30)25-20(22)29)18-13-26(8-9-27(17)18)12-14-4-2-1-3-5-14/h1-7,10,18H,8-9,11-13,23H2,(H2,24,25,28,29,30)/p+1/t18-/m0/s1. The fourth-order valence-electron chi connectivity index (χ4n) is 5.17. The van der Waals surface area contributed by atoms with Crippen molar-refractivity contribution in [3.05, 3.63) is 59.7 Å². The number of rotatable bonds is 2. The van der Waals surface area contributed by atoms with E-state index < -0.39 is 23.3 Å². The summed E-state index contributed by atoms with van der Waals surface area (Å²) in [5, 5.41) is 4.67. The highest BCUT2D eigenvalue weighted by Gasteiger charge is 2.61. The fourth-order valence-corrected chi connectivity index (χ4v) is 5.17. The van der Waals surface area contributed by atoms with Gasteiger partial charge < -0.3 is 15.5 Å². The SMILES string of the molecule is Nc1ccc2c(c1)CC1(C(=O)NC(=O)NC1=O)[C@@H]1C[NH+](Cc3ccccc3)CCN21. The molecule has 3 aliphatic rings. The molecule has 2 aromatic rings. The summed E-state index contributed by atoms with van der Waals surface area (Å²) in [7, 11) is 0. The molecule has 5 N–H and O–H groups in total. The minimum atomic E-state index is -1.36. The van der Waals surface area contributed by atoms with Crippen molar-refractivity contribution in [2.75, 3.05) is 30.3 Å². The summed E-state index contributed by atoms with van der Waals surface area (Å²) in [6.45, 7) is 3.03. The number of amides is 4. The van der Waals surface area contributed by atoms with Crippen molar-refractivity contribution in [1.29, 1.82) is 0 Å². The van der Waals surface area contributed by atoms with Crippen LogP contribution in [0.3, 0.4) is 0 Å². The number of hydrogen-bond acceptors (Lipinski definition) is 5. The van der Waals surface area contributed by atoms with E-state index in [9.17, 15) is 14.4 Å². The van der Waals surface area contributed by atoms with E-state index in [1.807, 2.05) is 36.4 Å². The smallest absolute Gasteiger partial charge is 0.328 e. The summed E-state index contributed by atoms with van der Waals surface area (Å²) in [5.41, 5.74) is 8.30. The average Bonchev–Trinajstić information content (AvgIpc) is 2.72. The third kappa shape index (κ3) is 2.83. The van der Waals surface area contributed by atoms with Gasteiger partial charge in [0.25, 0.3) is 0 Å².